The van der Waals surface area contributed by atoms with Crippen molar-refractivity contribution < 1.29 is 13.8 Å². The topological polar surface area (TPSA) is 74.2 Å². The van der Waals surface area contributed by atoms with Gasteiger partial charge in [0.15, 0.2) is 0 Å². The minimum atomic E-state index is 0.541. The van der Waals surface area contributed by atoms with E-state index in [1.807, 2.05) is 31.2 Å². The monoisotopic (exact) mass is 313 g/mol. The van der Waals surface area contributed by atoms with Gasteiger partial charge in [0.05, 0.1) is 19.2 Å². The van der Waals surface area contributed by atoms with Gasteiger partial charge in [0.2, 0.25) is 11.7 Å². The molecule has 0 spiro atoms. The lowest BCUT2D eigenvalue weighted by Gasteiger charge is -1.99. The van der Waals surface area contributed by atoms with Gasteiger partial charge in [0, 0.05) is 17.5 Å². The van der Waals surface area contributed by atoms with Gasteiger partial charge in [-0.2, -0.15) is 4.98 Å². The molecule has 0 saturated carbocycles. The zero-order valence-corrected chi connectivity index (χ0v) is 13.5. The second-order valence-electron chi connectivity index (χ2n) is 5.16. The van der Waals surface area contributed by atoms with Gasteiger partial charge >= 0.3 is 0 Å². The second kappa shape index (κ2) is 6.64. The fraction of sp³-hybridized carbons (Fsp3) is 0.353. The molecule has 3 aromatic rings. The first-order valence-corrected chi connectivity index (χ1v) is 7.68. The Kier molecular flexibility index (Phi) is 4.41. The third kappa shape index (κ3) is 3.11. The van der Waals surface area contributed by atoms with Gasteiger partial charge in [0.1, 0.15) is 11.5 Å². The van der Waals surface area contributed by atoms with Crippen LogP contribution in [0.25, 0.3) is 11.4 Å². The van der Waals surface area contributed by atoms with E-state index in [9.17, 15) is 0 Å². The highest BCUT2D eigenvalue weighted by molar-refractivity contribution is 5.55. The Labute approximate surface area is 134 Å². The van der Waals surface area contributed by atoms with Crippen LogP contribution in [0.15, 0.2) is 33.3 Å². The molecule has 23 heavy (non-hydrogen) atoms. The number of nitrogens with zero attached hydrogens (tertiary/aromatic N) is 3. The Morgan fingerprint density at radius 3 is 2.43 bits per heavy atom. The van der Waals surface area contributed by atoms with Crippen LogP contribution in [0.3, 0.4) is 0 Å². The molecule has 0 aliphatic rings. The number of ether oxygens (including phenoxy) is 1. The van der Waals surface area contributed by atoms with E-state index in [2.05, 4.69) is 22.2 Å². The lowest BCUT2D eigenvalue weighted by atomic mass is 10.1. The van der Waals surface area contributed by atoms with Gasteiger partial charge in [-0.15, -0.1) is 0 Å². The molecule has 0 atom stereocenters. The average molecular weight is 313 g/mol. The van der Waals surface area contributed by atoms with E-state index in [0.717, 1.165) is 41.2 Å². The molecule has 0 fully saturated rings. The van der Waals surface area contributed by atoms with Crippen LogP contribution in [0.4, 0.5) is 0 Å². The number of hydrogen-bond acceptors (Lipinski definition) is 6. The van der Waals surface area contributed by atoms with Crippen molar-refractivity contribution >= 4 is 0 Å². The molecule has 1 aromatic carbocycles. The Balaban J connectivity index is 1.83. The smallest absolute Gasteiger partial charge is 0.231 e. The van der Waals surface area contributed by atoms with Gasteiger partial charge in [-0.05, 0) is 30.7 Å². The predicted molar refractivity (Wildman–Crippen MR) is 84.4 cm³/mol. The van der Waals surface area contributed by atoms with Crippen molar-refractivity contribution in [2.45, 2.75) is 33.1 Å². The standard InChI is InChI=1S/C17H19N3O3/c1-4-14-13(15(5-2)22-19-14)10-16-18-17(20-23-16)11-6-8-12(21-3)9-7-11/h6-9H,4-5,10H2,1-3H3. The normalized spacial score (nSPS) is 10.9. The lowest BCUT2D eigenvalue weighted by Crippen LogP contribution is -1.96. The fourth-order valence-corrected chi connectivity index (χ4v) is 2.47. The summed E-state index contributed by atoms with van der Waals surface area (Å²) in [5.74, 6) is 2.80. The molecule has 0 amide bonds. The summed E-state index contributed by atoms with van der Waals surface area (Å²) in [5, 5.41) is 8.16. The Morgan fingerprint density at radius 1 is 1.00 bits per heavy atom. The molecule has 6 heteroatoms. The maximum absolute atomic E-state index is 5.39. The summed E-state index contributed by atoms with van der Waals surface area (Å²) in [5.41, 5.74) is 2.89. The SMILES string of the molecule is CCc1noc(CC)c1Cc1nc(-c2ccc(OC)cc2)no1. The number of aromatic nitrogens is 3. The summed E-state index contributed by atoms with van der Waals surface area (Å²) in [6, 6.07) is 7.55. The maximum atomic E-state index is 5.39. The molecule has 6 nitrogen and oxygen atoms in total. The number of rotatable bonds is 6. The molecule has 120 valence electrons. The van der Waals surface area contributed by atoms with Crippen molar-refractivity contribution in [3.8, 4) is 17.1 Å². The molecule has 0 radical (unpaired) electrons. The Hall–Kier alpha value is -2.63. The van der Waals surface area contributed by atoms with Crippen LogP contribution in [-0.4, -0.2) is 22.4 Å². The van der Waals surface area contributed by atoms with Gasteiger partial charge < -0.3 is 13.8 Å². The van der Waals surface area contributed by atoms with Gasteiger partial charge in [-0.1, -0.05) is 24.2 Å². The first-order valence-electron chi connectivity index (χ1n) is 7.68. The van der Waals surface area contributed by atoms with Crippen molar-refractivity contribution in [3.63, 3.8) is 0 Å². The molecule has 2 aromatic heterocycles. The summed E-state index contributed by atoms with van der Waals surface area (Å²) in [6.07, 6.45) is 2.15. The van der Waals surface area contributed by atoms with Crippen LogP contribution in [0.1, 0.15) is 36.8 Å². The molecule has 0 saturated heterocycles. The van der Waals surface area contributed by atoms with Crippen molar-refractivity contribution in [2.24, 2.45) is 0 Å². The Morgan fingerprint density at radius 2 is 1.78 bits per heavy atom. The molecule has 0 aliphatic carbocycles. The third-order valence-corrected chi connectivity index (χ3v) is 3.75. The van der Waals surface area contributed by atoms with Crippen LogP contribution < -0.4 is 4.74 Å². The molecule has 2 heterocycles. The molecule has 0 bridgehead atoms. The minimum Gasteiger partial charge on any atom is -0.497 e. The third-order valence-electron chi connectivity index (χ3n) is 3.75. The summed E-state index contributed by atoms with van der Waals surface area (Å²) >= 11 is 0. The van der Waals surface area contributed by atoms with Crippen LogP contribution in [0, 0.1) is 0 Å². The van der Waals surface area contributed by atoms with E-state index in [-0.39, 0.29) is 0 Å². The average Bonchev–Trinajstić information content (AvgIpc) is 3.22. The zero-order chi connectivity index (χ0) is 16.2. The van der Waals surface area contributed by atoms with E-state index in [0.29, 0.717) is 18.1 Å². The summed E-state index contributed by atoms with van der Waals surface area (Å²) in [6.45, 7) is 4.09. The van der Waals surface area contributed by atoms with Crippen LogP contribution in [-0.2, 0) is 19.3 Å². The van der Waals surface area contributed by atoms with Crippen molar-refractivity contribution in [1.29, 1.82) is 0 Å². The molecule has 0 aliphatic heterocycles. The zero-order valence-electron chi connectivity index (χ0n) is 13.5. The quantitative estimate of drug-likeness (QED) is 0.694. The predicted octanol–water partition coefficient (Wildman–Crippen LogP) is 3.45. The molecule has 0 N–H and O–H groups in total. The minimum absolute atomic E-state index is 0.541. The molecular weight excluding hydrogens is 294 g/mol. The number of methoxy groups -OCH3 is 1. The van der Waals surface area contributed by atoms with Gasteiger partial charge in [-0.25, -0.2) is 0 Å². The first-order chi connectivity index (χ1) is 11.2. The van der Waals surface area contributed by atoms with Crippen LogP contribution >= 0.6 is 0 Å². The van der Waals surface area contributed by atoms with E-state index < -0.39 is 0 Å². The fourth-order valence-electron chi connectivity index (χ4n) is 2.47. The van der Waals surface area contributed by atoms with Crippen LogP contribution in [0.5, 0.6) is 5.75 Å². The first kappa shape index (κ1) is 15.3. The molecular formula is C17H19N3O3. The van der Waals surface area contributed by atoms with Gasteiger partial charge in [0.25, 0.3) is 0 Å². The second-order valence-corrected chi connectivity index (χ2v) is 5.16. The summed E-state index contributed by atoms with van der Waals surface area (Å²) in [4.78, 5) is 4.47. The molecule has 0 unspecified atom stereocenters. The van der Waals surface area contributed by atoms with E-state index in [4.69, 9.17) is 13.8 Å². The van der Waals surface area contributed by atoms with E-state index in [1.165, 1.54) is 0 Å². The van der Waals surface area contributed by atoms with Crippen molar-refractivity contribution in [2.75, 3.05) is 7.11 Å². The van der Waals surface area contributed by atoms with Crippen molar-refractivity contribution in [1.82, 2.24) is 15.3 Å². The van der Waals surface area contributed by atoms with Crippen molar-refractivity contribution in [3.05, 3.63) is 47.2 Å². The van der Waals surface area contributed by atoms with Gasteiger partial charge in [-0.3, -0.25) is 0 Å². The Bertz CT molecular complexity index is 753. The lowest BCUT2D eigenvalue weighted by molar-refractivity contribution is 0.375. The highest BCUT2D eigenvalue weighted by atomic mass is 16.5. The highest BCUT2D eigenvalue weighted by Gasteiger charge is 2.17. The maximum Gasteiger partial charge on any atom is 0.231 e. The van der Waals surface area contributed by atoms with E-state index in [1.54, 1.807) is 7.11 Å². The highest BCUT2D eigenvalue weighted by Crippen LogP contribution is 2.23. The molecule has 3 rings (SSSR count). The van der Waals surface area contributed by atoms with Crippen LogP contribution in [0.2, 0.25) is 0 Å². The summed E-state index contributed by atoms with van der Waals surface area (Å²) in [7, 11) is 1.64. The summed E-state index contributed by atoms with van der Waals surface area (Å²) < 4.78 is 15.9. The largest absolute Gasteiger partial charge is 0.497 e. The van der Waals surface area contributed by atoms with E-state index >= 15 is 0 Å². The number of aryl methyl sites for hydroxylation is 2. The number of hydrogen-bond donors (Lipinski definition) is 0. The number of benzene rings is 1.